The Morgan fingerprint density at radius 2 is 1.73 bits per heavy atom. The second kappa shape index (κ2) is 6.96. The maximum Gasteiger partial charge on any atom is 0.321 e. The molecule has 1 aliphatic carbocycles. The molecule has 0 radical (unpaired) electrons. The fraction of sp³-hybridized carbons (Fsp3) is 0.190. The summed E-state index contributed by atoms with van der Waals surface area (Å²) in [6.07, 6.45) is 5.65. The molecule has 0 atom stereocenters. The highest BCUT2D eigenvalue weighted by molar-refractivity contribution is 5.94. The predicted molar refractivity (Wildman–Crippen MR) is 99.2 cm³/mol. The lowest BCUT2D eigenvalue weighted by molar-refractivity contribution is 0.0951. The third-order valence-corrected chi connectivity index (χ3v) is 4.32. The van der Waals surface area contributed by atoms with Crippen molar-refractivity contribution in [1.82, 2.24) is 15.3 Å². The lowest BCUT2D eigenvalue weighted by atomic mass is 10.0. The molecule has 1 fully saturated rings. The van der Waals surface area contributed by atoms with Gasteiger partial charge in [-0.2, -0.15) is 0 Å². The molecule has 5 nitrogen and oxygen atoms in total. The normalized spacial score (nSPS) is 13.3. The molecule has 26 heavy (non-hydrogen) atoms. The van der Waals surface area contributed by atoms with Crippen molar-refractivity contribution in [3.63, 3.8) is 0 Å². The van der Waals surface area contributed by atoms with Gasteiger partial charge in [0, 0.05) is 29.6 Å². The summed E-state index contributed by atoms with van der Waals surface area (Å²) in [4.78, 5) is 20.6. The van der Waals surface area contributed by atoms with E-state index in [4.69, 9.17) is 4.74 Å². The van der Waals surface area contributed by atoms with E-state index in [1.54, 1.807) is 36.7 Å². The Morgan fingerprint density at radius 3 is 2.38 bits per heavy atom. The number of amides is 1. The van der Waals surface area contributed by atoms with E-state index in [2.05, 4.69) is 28.3 Å². The van der Waals surface area contributed by atoms with Gasteiger partial charge in [-0.15, -0.1) is 0 Å². The minimum atomic E-state index is -0.0436. The van der Waals surface area contributed by atoms with Crippen LogP contribution in [0.2, 0.25) is 0 Å². The molecule has 0 unspecified atom stereocenters. The summed E-state index contributed by atoms with van der Waals surface area (Å²) in [5, 5.41) is 2.96. The Bertz CT molecular complexity index is 917. The Labute approximate surface area is 152 Å². The quantitative estimate of drug-likeness (QED) is 0.755. The first-order valence-corrected chi connectivity index (χ1v) is 8.66. The third-order valence-electron chi connectivity index (χ3n) is 4.32. The molecule has 1 amide bonds. The maximum absolute atomic E-state index is 12.0. The zero-order chi connectivity index (χ0) is 17.9. The lowest BCUT2D eigenvalue weighted by Gasteiger charge is -2.07. The number of carbonyl (C=O) groups excluding carboxylic acids is 1. The van der Waals surface area contributed by atoms with E-state index >= 15 is 0 Å². The minimum absolute atomic E-state index is 0.0436. The van der Waals surface area contributed by atoms with E-state index in [9.17, 15) is 4.79 Å². The van der Waals surface area contributed by atoms with Gasteiger partial charge >= 0.3 is 6.01 Å². The molecule has 1 N–H and O–H groups in total. The second-order valence-electron chi connectivity index (χ2n) is 6.44. The van der Waals surface area contributed by atoms with Crippen molar-refractivity contribution in [2.75, 3.05) is 0 Å². The topological polar surface area (TPSA) is 64.1 Å². The van der Waals surface area contributed by atoms with Crippen molar-refractivity contribution in [2.45, 2.75) is 25.8 Å². The molecule has 1 saturated carbocycles. The molecule has 1 aromatic heterocycles. The molecule has 4 rings (SSSR count). The molecule has 1 aliphatic rings. The van der Waals surface area contributed by atoms with Crippen molar-refractivity contribution >= 4 is 5.91 Å². The fourth-order valence-corrected chi connectivity index (χ4v) is 2.68. The molecule has 130 valence electrons. The van der Waals surface area contributed by atoms with Crippen LogP contribution in [0.4, 0.5) is 0 Å². The highest BCUT2D eigenvalue weighted by atomic mass is 16.5. The van der Waals surface area contributed by atoms with Gasteiger partial charge in [-0.3, -0.25) is 4.79 Å². The smallest absolute Gasteiger partial charge is 0.321 e. The largest absolute Gasteiger partial charge is 0.424 e. The minimum Gasteiger partial charge on any atom is -0.424 e. The van der Waals surface area contributed by atoms with Crippen molar-refractivity contribution in [3.05, 3.63) is 72.1 Å². The number of hydrogen-bond donors (Lipinski definition) is 1. The standard InChI is InChI=1S/C21H19N3O2/c1-14-4-2-3-5-19(14)16-12-22-21(23-13-16)26-18-10-6-15(7-11-18)20(25)24-17-8-9-17/h2-7,10-13,17H,8-9H2,1H3,(H,24,25). The number of rotatable bonds is 5. The summed E-state index contributed by atoms with van der Waals surface area (Å²) >= 11 is 0. The summed E-state index contributed by atoms with van der Waals surface area (Å²) in [6, 6.07) is 15.7. The van der Waals surface area contributed by atoms with E-state index in [1.807, 2.05) is 18.2 Å². The van der Waals surface area contributed by atoms with Crippen LogP contribution in [0.25, 0.3) is 11.1 Å². The van der Waals surface area contributed by atoms with Gasteiger partial charge in [0.15, 0.2) is 0 Å². The zero-order valence-electron chi connectivity index (χ0n) is 14.5. The van der Waals surface area contributed by atoms with Crippen molar-refractivity contribution in [2.24, 2.45) is 0 Å². The van der Waals surface area contributed by atoms with Crippen LogP contribution < -0.4 is 10.1 Å². The van der Waals surface area contributed by atoms with Crippen molar-refractivity contribution < 1.29 is 9.53 Å². The molecule has 0 spiro atoms. The van der Waals surface area contributed by atoms with E-state index < -0.39 is 0 Å². The van der Waals surface area contributed by atoms with Gasteiger partial charge in [0.1, 0.15) is 5.75 Å². The summed E-state index contributed by atoms with van der Waals surface area (Å²) < 4.78 is 5.67. The van der Waals surface area contributed by atoms with Gasteiger partial charge in [0.05, 0.1) is 0 Å². The molecule has 0 saturated heterocycles. The Kier molecular flexibility index (Phi) is 4.35. The highest BCUT2D eigenvalue weighted by Crippen LogP contribution is 2.24. The first kappa shape index (κ1) is 16.3. The molecule has 0 aliphatic heterocycles. The Hall–Kier alpha value is -3.21. The maximum atomic E-state index is 12.0. The van der Waals surface area contributed by atoms with Crippen molar-refractivity contribution in [3.8, 4) is 22.9 Å². The number of benzene rings is 2. The molecule has 0 bridgehead atoms. The van der Waals surface area contributed by atoms with Crippen LogP contribution in [-0.2, 0) is 0 Å². The number of nitrogens with one attached hydrogen (secondary N) is 1. The summed E-state index contributed by atoms with van der Waals surface area (Å²) in [6.45, 7) is 2.06. The molecule has 5 heteroatoms. The summed E-state index contributed by atoms with van der Waals surface area (Å²) in [7, 11) is 0. The molecular formula is C21H19N3O2. The first-order valence-electron chi connectivity index (χ1n) is 8.66. The van der Waals surface area contributed by atoms with Gasteiger partial charge in [-0.1, -0.05) is 24.3 Å². The predicted octanol–water partition coefficient (Wildman–Crippen LogP) is 4.14. The SMILES string of the molecule is Cc1ccccc1-c1cnc(Oc2ccc(C(=O)NC3CC3)cc2)nc1. The highest BCUT2D eigenvalue weighted by Gasteiger charge is 2.23. The number of nitrogens with zero attached hydrogens (tertiary/aromatic N) is 2. The second-order valence-corrected chi connectivity index (χ2v) is 6.44. The summed E-state index contributed by atoms with van der Waals surface area (Å²) in [5.74, 6) is 0.550. The molecular weight excluding hydrogens is 326 g/mol. The van der Waals surface area contributed by atoms with Crippen LogP contribution in [0.3, 0.4) is 0 Å². The summed E-state index contributed by atoms with van der Waals surface area (Å²) in [5.41, 5.74) is 3.84. The number of ether oxygens (including phenoxy) is 1. The van der Waals surface area contributed by atoms with Crippen LogP contribution in [0.15, 0.2) is 60.9 Å². The molecule has 1 heterocycles. The molecule has 2 aromatic carbocycles. The number of hydrogen-bond acceptors (Lipinski definition) is 4. The van der Waals surface area contributed by atoms with E-state index in [0.29, 0.717) is 17.4 Å². The fourth-order valence-electron chi connectivity index (χ4n) is 2.68. The average Bonchev–Trinajstić information content (AvgIpc) is 3.47. The lowest BCUT2D eigenvalue weighted by Crippen LogP contribution is -2.25. The van der Waals surface area contributed by atoms with Crippen LogP contribution in [0.1, 0.15) is 28.8 Å². The first-order chi connectivity index (χ1) is 12.7. The van der Waals surface area contributed by atoms with E-state index in [-0.39, 0.29) is 11.9 Å². The van der Waals surface area contributed by atoms with E-state index in [0.717, 1.165) is 24.0 Å². The van der Waals surface area contributed by atoms with Gasteiger partial charge in [0.25, 0.3) is 5.91 Å². The number of aryl methyl sites for hydroxylation is 1. The van der Waals surface area contributed by atoms with Gasteiger partial charge < -0.3 is 10.1 Å². The van der Waals surface area contributed by atoms with E-state index in [1.165, 1.54) is 5.56 Å². The van der Waals surface area contributed by atoms with Crippen LogP contribution in [0.5, 0.6) is 11.8 Å². The van der Waals surface area contributed by atoms with Crippen LogP contribution >= 0.6 is 0 Å². The monoisotopic (exact) mass is 345 g/mol. The Morgan fingerprint density at radius 1 is 1.04 bits per heavy atom. The van der Waals surface area contributed by atoms with Gasteiger partial charge in [-0.05, 0) is 55.2 Å². The van der Waals surface area contributed by atoms with Crippen LogP contribution in [-0.4, -0.2) is 21.9 Å². The van der Waals surface area contributed by atoms with Gasteiger partial charge in [-0.25, -0.2) is 9.97 Å². The third kappa shape index (κ3) is 3.72. The molecule has 3 aromatic rings. The number of carbonyl (C=O) groups is 1. The van der Waals surface area contributed by atoms with Crippen LogP contribution in [0, 0.1) is 6.92 Å². The number of aromatic nitrogens is 2. The Balaban J connectivity index is 1.44. The van der Waals surface area contributed by atoms with Gasteiger partial charge in [0.2, 0.25) is 0 Å². The average molecular weight is 345 g/mol. The van der Waals surface area contributed by atoms with Crippen molar-refractivity contribution in [1.29, 1.82) is 0 Å². The zero-order valence-corrected chi connectivity index (χ0v) is 14.5.